The number of quaternary nitrogens is 1. The number of fused-ring (bicyclic) bond motifs is 1. The first-order valence-electron chi connectivity index (χ1n) is 14.4. The standard InChI is InChI=1S/C28H37N7O8/c1-18(36)43-25(39)14-22(34-28(41)42-17-19-8-3-2-4-9-19)33-23(37)16-35(24(38)15-30-27(35)40)13-7-12-29-26-31-20-10-5-6-11-21(20)32-26/h2-4,8-9,20-22H,5-7,10-17H2,1H3,(H4-,29,30,31,32,33,34,37,40,41)/p+1. The first kappa shape index (κ1) is 31.4. The summed E-state index contributed by atoms with van der Waals surface area (Å²) >= 11 is 0. The lowest BCUT2D eigenvalue weighted by molar-refractivity contribution is -0.759. The van der Waals surface area contributed by atoms with Crippen molar-refractivity contribution in [2.75, 3.05) is 26.2 Å². The molecule has 2 fully saturated rings. The molecule has 15 heteroatoms. The van der Waals surface area contributed by atoms with Gasteiger partial charge in [-0.15, -0.1) is 0 Å². The molecule has 0 radical (unpaired) electrons. The van der Waals surface area contributed by atoms with Crippen LogP contribution >= 0.6 is 0 Å². The van der Waals surface area contributed by atoms with Crippen molar-refractivity contribution in [2.24, 2.45) is 4.99 Å². The minimum atomic E-state index is -1.35. The zero-order chi connectivity index (χ0) is 30.8. The second-order valence-corrected chi connectivity index (χ2v) is 10.8. The predicted octanol–water partition coefficient (Wildman–Crippen LogP) is 0.152. The SMILES string of the molecule is CC(=O)OC(=O)CC(NC(=O)C[N+]1(CCCNC2=NC3CCCCC3N2)C(=O)CNC1=O)NC(=O)OCc1ccccc1. The molecule has 0 aromatic heterocycles. The van der Waals surface area contributed by atoms with Gasteiger partial charge in [-0.3, -0.25) is 19.7 Å². The summed E-state index contributed by atoms with van der Waals surface area (Å²) in [5.41, 5.74) is 0.711. The van der Waals surface area contributed by atoms with E-state index in [2.05, 4.69) is 36.3 Å². The number of urea groups is 1. The van der Waals surface area contributed by atoms with E-state index in [1.165, 1.54) is 6.42 Å². The van der Waals surface area contributed by atoms with Crippen LogP contribution in [0.5, 0.6) is 0 Å². The number of rotatable bonds is 12. The number of esters is 2. The highest BCUT2D eigenvalue weighted by molar-refractivity contribution is 5.95. The van der Waals surface area contributed by atoms with Gasteiger partial charge in [-0.25, -0.2) is 19.4 Å². The van der Waals surface area contributed by atoms with Crippen LogP contribution in [0, 0.1) is 0 Å². The number of guanidine groups is 1. The van der Waals surface area contributed by atoms with E-state index in [1.54, 1.807) is 30.3 Å². The van der Waals surface area contributed by atoms with Gasteiger partial charge < -0.3 is 30.7 Å². The van der Waals surface area contributed by atoms with Crippen molar-refractivity contribution in [3.8, 4) is 0 Å². The Morgan fingerprint density at radius 1 is 1.09 bits per heavy atom. The summed E-state index contributed by atoms with van der Waals surface area (Å²) < 4.78 is 8.92. The van der Waals surface area contributed by atoms with Crippen molar-refractivity contribution in [2.45, 2.75) is 70.3 Å². The number of amides is 5. The number of ether oxygens (including phenoxy) is 2. The number of benzene rings is 1. The van der Waals surface area contributed by atoms with Crippen LogP contribution in [-0.4, -0.2) is 90.7 Å². The summed E-state index contributed by atoms with van der Waals surface area (Å²) in [6.45, 7) is 0.631. The monoisotopic (exact) mass is 600 g/mol. The lowest BCUT2D eigenvalue weighted by atomic mass is 9.92. The van der Waals surface area contributed by atoms with Crippen LogP contribution < -0.4 is 26.6 Å². The summed E-state index contributed by atoms with van der Waals surface area (Å²) in [5, 5.41) is 13.9. The Morgan fingerprint density at radius 3 is 2.56 bits per heavy atom. The van der Waals surface area contributed by atoms with Crippen molar-refractivity contribution < 1.29 is 42.7 Å². The maximum Gasteiger partial charge on any atom is 0.425 e. The topological polar surface area (TPSA) is 193 Å². The van der Waals surface area contributed by atoms with Crippen LogP contribution in [0.1, 0.15) is 51.0 Å². The lowest BCUT2D eigenvalue weighted by Crippen LogP contribution is -2.60. The second-order valence-electron chi connectivity index (χ2n) is 10.8. The molecule has 4 atom stereocenters. The first-order chi connectivity index (χ1) is 20.6. The highest BCUT2D eigenvalue weighted by Gasteiger charge is 2.51. The summed E-state index contributed by atoms with van der Waals surface area (Å²) in [6, 6.07) is 8.81. The molecule has 2 aliphatic heterocycles. The normalized spacial score (nSPS) is 23.1. The van der Waals surface area contributed by atoms with Gasteiger partial charge in [0.15, 0.2) is 12.5 Å². The van der Waals surface area contributed by atoms with E-state index in [0.717, 1.165) is 26.2 Å². The van der Waals surface area contributed by atoms with Gasteiger partial charge in [0.2, 0.25) is 0 Å². The highest BCUT2D eigenvalue weighted by Crippen LogP contribution is 2.24. The van der Waals surface area contributed by atoms with E-state index >= 15 is 0 Å². The molecule has 1 saturated carbocycles. The van der Waals surface area contributed by atoms with Crippen molar-refractivity contribution in [1.82, 2.24) is 26.6 Å². The first-order valence-corrected chi connectivity index (χ1v) is 14.4. The fraction of sp³-hybridized carbons (Fsp3) is 0.536. The quantitative estimate of drug-likeness (QED) is 0.0551. The van der Waals surface area contributed by atoms with Crippen LogP contribution in [0.15, 0.2) is 35.3 Å². The maximum atomic E-state index is 13.1. The second kappa shape index (κ2) is 14.6. The molecular formula is C28H38N7O8+. The Bertz CT molecular complexity index is 1240. The molecule has 5 amide bonds. The molecule has 4 rings (SSSR count). The van der Waals surface area contributed by atoms with Gasteiger partial charge >= 0.3 is 30.0 Å². The molecule has 2 heterocycles. The highest BCUT2D eigenvalue weighted by atomic mass is 16.6. The number of imide groups is 1. The molecule has 1 aromatic rings. The van der Waals surface area contributed by atoms with E-state index < -0.39 is 59.5 Å². The number of carbonyl (C=O) groups is 6. The molecule has 0 spiro atoms. The number of nitrogens with one attached hydrogen (secondary N) is 5. The molecule has 1 saturated heterocycles. The molecule has 43 heavy (non-hydrogen) atoms. The van der Waals surface area contributed by atoms with Crippen LogP contribution in [-0.2, 0) is 35.3 Å². The Hall–Kier alpha value is -4.53. The van der Waals surface area contributed by atoms with Gasteiger partial charge in [0.25, 0.3) is 5.91 Å². The van der Waals surface area contributed by atoms with Crippen molar-refractivity contribution in [3.63, 3.8) is 0 Å². The molecule has 5 N–H and O–H groups in total. The van der Waals surface area contributed by atoms with Crippen molar-refractivity contribution in [3.05, 3.63) is 35.9 Å². The van der Waals surface area contributed by atoms with Crippen molar-refractivity contribution in [1.29, 1.82) is 0 Å². The minimum Gasteiger partial charge on any atom is -0.445 e. The number of hydrogen-bond donors (Lipinski definition) is 5. The van der Waals surface area contributed by atoms with E-state index in [1.807, 2.05) is 0 Å². The van der Waals surface area contributed by atoms with E-state index in [-0.39, 0.29) is 25.7 Å². The van der Waals surface area contributed by atoms with E-state index in [0.29, 0.717) is 30.5 Å². The number of carbonyl (C=O) groups excluding carboxylic acids is 6. The Morgan fingerprint density at radius 2 is 1.86 bits per heavy atom. The Labute approximate surface area is 248 Å². The lowest BCUT2D eigenvalue weighted by Gasteiger charge is -2.28. The molecule has 0 bridgehead atoms. The molecular weight excluding hydrogens is 562 g/mol. The smallest absolute Gasteiger partial charge is 0.425 e. The van der Waals surface area contributed by atoms with Gasteiger partial charge in [-0.2, -0.15) is 4.48 Å². The molecule has 15 nitrogen and oxygen atoms in total. The average Bonchev–Trinajstić information content (AvgIpc) is 3.50. The molecule has 232 valence electrons. The third-order valence-electron chi connectivity index (χ3n) is 7.49. The number of alkyl carbamates (subject to hydrolysis) is 1. The largest absolute Gasteiger partial charge is 0.445 e. The number of aliphatic imine (C=N–C) groups is 1. The van der Waals surface area contributed by atoms with E-state index in [4.69, 9.17) is 4.74 Å². The summed E-state index contributed by atoms with van der Waals surface area (Å²) in [7, 11) is 0. The molecule has 1 aliphatic carbocycles. The third kappa shape index (κ3) is 8.73. The summed E-state index contributed by atoms with van der Waals surface area (Å²) in [5.74, 6) is -2.44. The molecule has 4 unspecified atom stereocenters. The van der Waals surface area contributed by atoms with Gasteiger partial charge in [0, 0.05) is 19.9 Å². The van der Waals surface area contributed by atoms with Gasteiger partial charge in [-0.05, 0) is 18.4 Å². The van der Waals surface area contributed by atoms with Crippen LogP contribution in [0.4, 0.5) is 9.59 Å². The fourth-order valence-corrected chi connectivity index (χ4v) is 5.40. The maximum absolute atomic E-state index is 13.1. The molecule has 3 aliphatic rings. The summed E-state index contributed by atoms with van der Waals surface area (Å²) in [6.07, 6.45) is 1.91. The average molecular weight is 601 g/mol. The minimum absolute atomic E-state index is 0.0365. The van der Waals surface area contributed by atoms with Gasteiger partial charge in [-0.1, -0.05) is 43.2 Å². The van der Waals surface area contributed by atoms with E-state index in [9.17, 15) is 28.8 Å². The zero-order valence-electron chi connectivity index (χ0n) is 24.1. The fourth-order valence-electron chi connectivity index (χ4n) is 5.40. The Kier molecular flexibility index (Phi) is 10.6. The number of nitrogens with zero attached hydrogens (tertiary/aromatic N) is 2. The number of hydrogen-bond acceptors (Lipinski definition) is 11. The zero-order valence-corrected chi connectivity index (χ0v) is 24.1. The van der Waals surface area contributed by atoms with Crippen molar-refractivity contribution >= 4 is 41.8 Å². The predicted molar refractivity (Wildman–Crippen MR) is 151 cm³/mol. The van der Waals surface area contributed by atoms with Gasteiger partial charge in [0.05, 0.1) is 25.0 Å². The summed E-state index contributed by atoms with van der Waals surface area (Å²) in [4.78, 5) is 79.4. The van der Waals surface area contributed by atoms with Crippen LogP contribution in [0.2, 0.25) is 0 Å². The Balaban J connectivity index is 1.34. The van der Waals surface area contributed by atoms with Crippen LogP contribution in [0.3, 0.4) is 0 Å². The third-order valence-corrected chi connectivity index (χ3v) is 7.49. The van der Waals surface area contributed by atoms with Gasteiger partial charge in [0.1, 0.15) is 19.3 Å². The van der Waals surface area contributed by atoms with Crippen LogP contribution in [0.25, 0.3) is 0 Å². The molecule has 1 aromatic carbocycles.